The number of aryl methyl sites for hydroxylation is 2. The van der Waals surface area contributed by atoms with Gasteiger partial charge in [-0.05, 0) is 18.4 Å². The zero-order chi connectivity index (χ0) is 16.5. The van der Waals surface area contributed by atoms with E-state index in [1.165, 1.54) is 12.4 Å². The quantitative estimate of drug-likeness (QED) is 0.906. The Morgan fingerprint density at radius 3 is 2.05 bits per heavy atom. The van der Waals surface area contributed by atoms with Crippen molar-refractivity contribution in [2.24, 2.45) is 0 Å². The van der Waals surface area contributed by atoms with Crippen molar-refractivity contribution in [1.29, 1.82) is 0 Å². The van der Waals surface area contributed by atoms with E-state index in [0.29, 0.717) is 12.0 Å². The first-order valence-electron chi connectivity index (χ1n) is 7.26. The van der Waals surface area contributed by atoms with E-state index >= 15 is 0 Å². The van der Waals surface area contributed by atoms with Crippen LogP contribution >= 0.6 is 0 Å². The SMILES string of the molecule is CCCc1cncc(F)c1N.CCCc1cncc(N)c1F. The molecule has 120 valence electrons. The molecule has 0 aliphatic carbocycles. The lowest BCUT2D eigenvalue weighted by molar-refractivity contribution is 0.609. The molecule has 4 N–H and O–H groups in total. The van der Waals surface area contributed by atoms with Gasteiger partial charge in [0.1, 0.15) is 0 Å². The molecule has 0 unspecified atom stereocenters. The number of aromatic nitrogens is 2. The molecule has 0 aliphatic rings. The average molecular weight is 308 g/mol. The minimum Gasteiger partial charge on any atom is -0.396 e. The Bertz CT molecular complexity index is 549. The lowest BCUT2D eigenvalue weighted by Crippen LogP contribution is -1.98. The zero-order valence-corrected chi connectivity index (χ0v) is 12.9. The fourth-order valence-corrected chi connectivity index (χ4v) is 1.90. The van der Waals surface area contributed by atoms with Crippen LogP contribution in [0.25, 0.3) is 0 Å². The highest BCUT2D eigenvalue weighted by Crippen LogP contribution is 2.15. The van der Waals surface area contributed by atoms with E-state index in [1.54, 1.807) is 6.20 Å². The van der Waals surface area contributed by atoms with Gasteiger partial charge >= 0.3 is 0 Å². The summed E-state index contributed by atoms with van der Waals surface area (Å²) in [5.41, 5.74) is 12.5. The molecule has 22 heavy (non-hydrogen) atoms. The average Bonchev–Trinajstić information content (AvgIpc) is 2.50. The van der Waals surface area contributed by atoms with Crippen LogP contribution in [0.2, 0.25) is 0 Å². The fraction of sp³-hybridized carbons (Fsp3) is 0.375. The molecule has 2 heterocycles. The number of pyridine rings is 2. The summed E-state index contributed by atoms with van der Waals surface area (Å²) < 4.78 is 25.7. The van der Waals surface area contributed by atoms with Crippen LogP contribution in [0, 0.1) is 11.6 Å². The van der Waals surface area contributed by atoms with Crippen molar-refractivity contribution in [2.75, 3.05) is 11.5 Å². The predicted molar refractivity (Wildman–Crippen MR) is 85.2 cm³/mol. The van der Waals surface area contributed by atoms with Gasteiger partial charge in [0, 0.05) is 18.0 Å². The number of nitrogens with two attached hydrogens (primary N) is 2. The Labute approximate surface area is 129 Å². The van der Waals surface area contributed by atoms with Gasteiger partial charge in [0.05, 0.1) is 23.8 Å². The van der Waals surface area contributed by atoms with Crippen molar-refractivity contribution in [1.82, 2.24) is 9.97 Å². The standard InChI is InChI=1S/2C8H11FN2/c1-2-3-6-4-11-5-7(10)8(6)9;1-2-3-6-4-11-5-7(9)8(6)10/h4-5H,2-3,10H2,1H3;4-5H,2-3H2,1H3,(H2,10,11). The summed E-state index contributed by atoms with van der Waals surface area (Å²) in [6.45, 7) is 4.01. The summed E-state index contributed by atoms with van der Waals surface area (Å²) in [6, 6.07) is 0. The van der Waals surface area contributed by atoms with Crippen molar-refractivity contribution >= 4 is 11.4 Å². The molecule has 4 nitrogen and oxygen atoms in total. The first kappa shape index (κ1) is 17.8. The van der Waals surface area contributed by atoms with E-state index in [0.717, 1.165) is 31.0 Å². The molecule has 6 heteroatoms. The molecule has 2 rings (SSSR count). The van der Waals surface area contributed by atoms with Gasteiger partial charge < -0.3 is 11.5 Å². The number of anilines is 2. The molecule has 0 fully saturated rings. The van der Waals surface area contributed by atoms with Crippen LogP contribution in [0.3, 0.4) is 0 Å². The summed E-state index contributed by atoms with van der Waals surface area (Å²) in [6.07, 6.45) is 8.94. The van der Waals surface area contributed by atoms with E-state index in [1.807, 2.05) is 13.8 Å². The van der Waals surface area contributed by atoms with Gasteiger partial charge in [-0.3, -0.25) is 9.97 Å². The minimum absolute atomic E-state index is 0.135. The van der Waals surface area contributed by atoms with Crippen molar-refractivity contribution in [2.45, 2.75) is 39.5 Å². The molecule has 2 aromatic heterocycles. The Morgan fingerprint density at radius 2 is 1.41 bits per heavy atom. The number of nitrogens with zero attached hydrogens (tertiary/aromatic N) is 2. The monoisotopic (exact) mass is 308 g/mol. The Hall–Kier alpha value is -2.24. The highest BCUT2D eigenvalue weighted by Gasteiger charge is 2.04. The van der Waals surface area contributed by atoms with E-state index in [-0.39, 0.29) is 17.2 Å². The second-order valence-electron chi connectivity index (χ2n) is 4.90. The maximum absolute atomic E-state index is 13.0. The predicted octanol–water partition coefficient (Wildman–Crippen LogP) is 3.51. The Morgan fingerprint density at radius 1 is 0.864 bits per heavy atom. The first-order chi connectivity index (χ1) is 10.5. The molecule has 0 aliphatic heterocycles. The topological polar surface area (TPSA) is 77.8 Å². The molecule has 0 bridgehead atoms. The van der Waals surface area contributed by atoms with E-state index in [2.05, 4.69) is 9.97 Å². The highest BCUT2D eigenvalue weighted by atomic mass is 19.1. The van der Waals surface area contributed by atoms with Crippen LogP contribution in [-0.4, -0.2) is 9.97 Å². The summed E-state index contributed by atoms with van der Waals surface area (Å²) in [5, 5.41) is 0. The zero-order valence-electron chi connectivity index (χ0n) is 12.9. The van der Waals surface area contributed by atoms with Gasteiger partial charge in [-0.25, -0.2) is 8.78 Å². The molecule has 0 saturated carbocycles. The highest BCUT2D eigenvalue weighted by molar-refractivity contribution is 5.45. The molecule has 0 amide bonds. The third kappa shape index (κ3) is 4.95. The smallest absolute Gasteiger partial charge is 0.164 e. The molecule has 0 atom stereocenters. The number of halogens is 2. The van der Waals surface area contributed by atoms with Crippen molar-refractivity contribution in [3.8, 4) is 0 Å². The molecule has 0 aromatic carbocycles. The maximum atomic E-state index is 13.0. The van der Waals surface area contributed by atoms with Crippen LogP contribution in [0.4, 0.5) is 20.2 Å². The number of nitrogen functional groups attached to an aromatic ring is 2. The molecular formula is C16H22F2N4. The van der Waals surface area contributed by atoms with Gasteiger partial charge in [-0.1, -0.05) is 26.7 Å². The summed E-state index contributed by atoms with van der Waals surface area (Å²) >= 11 is 0. The minimum atomic E-state index is -0.420. The summed E-state index contributed by atoms with van der Waals surface area (Å²) in [7, 11) is 0. The lowest BCUT2D eigenvalue weighted by Gasteiger charge is -2.02. The molecular weight excluding hydrogens is 286 g/mol. The molecule has 2 aromatic rings. The second-order valence-corrected chi connectivity index (χ2v) is 4.90. The fourth-order valence-electron chi connectivity index (χ4n) is 1.90. The third-order valence-electron chi connectivity index (χ3n) is 3.04. The van der Waals surface area contributed by atoms with Crippen LogP contribution in [-0.2, 0) is 12.8 Å². The summed E-state index contributed by atoms with van der Waals surface area (Å²) in [4.78, 5) is 7.51. The van der Waals surface area contributed by atoms with Crippen LogP contribution < -0.4 is 11.5 Å². The van der Waals surface area contributed by atoms with Crippen LogP contribution in [0.15, 0.2) is 24.8 Å². The van der Waals surface area contributed by atoms with E-state index < -0.39 is 5.82 Å². The first-order valence-corrected chi connectivity index (χ1v) is 7.26. The maximum Gasteiger partial charge on any atom is 0.164 e. The molecule has 0 saturated heterocycles. The van der Waals surface area contributed by atoms with Gasteiger partial charge in [0.2, 0.25) is 0 Å². The van der Waals surface area contributed by atoms with Gasteiger partial charge in [-0.2, -0.15) is 0 Å². The van der Waals surface area contributed by atoms with Gasteiger partial charge in [0.25, 0.3) is 0 Å². The molecule has 0 radical (unpaired) electrons. The van der Waals surface area contributed by atoms with Crippen LogP contribution in [0.5, 0.6) is 0 Å². The lowest BCUT2D eigenvalue weighted by atomic mass is 10.1. The molecule has 0 spiro atoms. The van der Waals surface area contributed by atoms with Crippen LogP contribution in [0.1, 0.15) is 37.8 Å². The van der Waals surface area contributed by atoms with E-state index in [4.69, 9.17) is 11.5 Å². The Balaban J connectivity index is 0.000000220. The number of rotatable bonds is 4. The normalized spacial score (nSPS) is 10.0. The number of hydrogen-bond acceptors (Lipinski definition) is 4. The second kappa shape index (κ2) is 8.92. The van der Waals surface area contributed by atoms with Gasteiger partial charge in [0.15, 0.2) is 11.6 Å². The van der Waals surface area contributed by atoms with E-state index in [9.17, 15) is 8.78 Å². The summed E-state index contributed by atoms with van der Waals surface area (Å²) in [5.74, 6) is -0.738. The third-order valence-corrected chi connectivity index (χ3v) is 3.04. The van der Waals surface area contributed by atoms with Gasteiger partial charge in [-0.15, -0.1) is 0 Å². The van der Waals surface area contributed by atoms with Crippen molar-refractivity contribution < 1.29 is 8.78 Å². The van der Waals surface area contributed by atoms with Crippen molar-refractivity contribution in [3.63, 3.8) is 0 Å². The largest absolute Gasteiger partial charge is 0.396 e. The Kier molecular flexibility index (Phi) is 7.22. The number of hydrogen-bond donors (Lipinski definition) is 2. The van der Waals surface area contributed by atoms with Crippen molar-refractivity contribution in [3.05, 3.63) is 47.5 Å².